The SMILES string of the molecule is O=C(O)c1ccc(NS(=O)(=O)c2cc(-c3ccccc3)cs2)cc1O. The molecule has 0 spiro atoms. The fourth-order valence-electron chi connectivity index (χ4n) is 2.22. The first-order chi connectivity index (χ1) is 11.9. The van der Waals surface area contributed by atoms with Crippen LogP contribution in [0.1, 0.15) is 10.4 Å². The van der Waals surface area contributed by atoms with Crippen LogP contribution in [-0.4, -0.2) is 24.6 Å². The fraction of sp³-hybridized carbons (Fsp3) is 0. The topological polar surface area (TPSA) is 104 Å². The van der Waals surface area contributed by atoms with Crippen LogP contribution in [-0.2, 0) is 10.0 Å². The molecule has 0 unspecified atom stereocenters. The van der Waals surface area contributed by atoms with E-state index < -0.39 is 21.7 Å². The number of aromatic carboxylic acids is 1. The Bertz CT molecular complexity index is 1030. The van der Waals surface area contributed by atoms with Gasteiger partial charge in [-0.15, -0.1) is 11.3 Å². The summed E-state index contributed by atoms with van der Waals surface area (Å²) in [6.45, 7) is 0. The molecule has 3 rings (SSSR count). The molecule has 6 nitrogen and oxygen atoms in total. The molecule has 128 valence electrons. The Morgan fingerprint density at radius 3 is 2.36 bits per heavy atom. The maximum absolute atomic E-state index is 12.5. The largest absolute Gasteiger partial charge is 0.507 e. The van der Waals surface area contributed by atoms with Gasteiger partial charge in [-0.2, -0.15) is 0 Å². The molecule has 0 atom stereocenters. The number of carbonyl (C=O) groups is 1. The summed E-state index contributed by atoms with van der Waals surface area (Å²) >= 11 is 1.08. The Balaban J connectivity index is 1.87. The van der Waals surface area contributed by atoms with Gasteiger partial charge in [0.2, 0.25) is 0 Å². The number of benzene rings is 2. The molecule has 25 heavy (non-hydrogen) atoms. The molecule has 0 aliphatic rings. The third-order valence-corrected chi connectivity index (χ3v) is 6.25. The van der Waals surface area contributed by atoms with E-state index in [0.717, 1.165) is 34.6 Å². The summed E-state index contributed by atoms with van der Waals surface area (Å²) < 4.78 is 27.4. The van der Waals surface area contributed by atoms with E-state index in [1.165, 1.54) is 6.07 Å². The van der Waals surface area contributed by atoms with Crippen molar-refractivity contribution < 1.29 is 23.4 Å². The lowest BCUT2D eigenvalue weighted by Crippen LogP contribution is -2.11. The lowest BCUT2D eigenvalue weighted by Gasteiger charge is -2.07. The number of aromatic hydroxyl groups is 1. The Kier molecular flexibility index (Phi) is 4.47. The van der Waals surface area contributed by atoms with E-state index in [4.69, 9.17) is 5.11 Å². The average molecular weight is 375 g/mol. The summed E-state index contributed by atoms with van der Waals surface area (Å²) in [6.07, 6.45) is 0. The maximum atomic E-state index is 12.5. The normalized spacial score (nSPS) is 11.2. The van der Waals surface area contributed by atoms with Gasteiger partial charge in [-0.05, 0) is 34.7 Å². The van der Waals surface area contributed by atoms with Crippen LogP contribution in [0.4, 0.5) is 5.69 Å². The fourth-order valence-corrected chi connectivity index (χ4v) is 4.46. The quantitative estimate of drug-likeness (QED) is 0.632. The predicted octanol–water partition coefficient (Wildman–Crippen LogP) is 3.62. The first-order valence-electron chi connectivity index (χ1n) is 7.10. The van der Waals surface area contributed by atoms with Crippen LogP contribution in [0.5, 0.6) is 5.75 Å². The number of anilines is 1. The number of rotatable bonds is 5. The minimum Gasteiger partial charge on any atom is -0.507 e. The van der Waals surface area contributed by atoms with Crippen molar-refractivity contribution in [2.75, 3.05) is 4.72 Å². The number of hydrogen-bond acceptors (Lipinski definition) is 5. The predicted molar refractivity (Wildman–Crippen MR) is 95.6 cm³/mol. The number of nitrogens with one attached hydrogen (secondary N) is 1. The third kappa shape index (κ3) is 3.65. The van der Waals surface area contributed by atoms with Crippen molar-refractivity contribution in [3.63, 3.8) is 0 Å². The van der Waals surface area contributed by atoms with E-state index in [1.807, 2.05) is 30.3 Å². The van der Waals surface area contributed by atoms with E-state index >= 15 is 0 Å². The van der Waals surface area contributed by atoms with E-state index in [9.17, 15) is 18.3 Å². The number of carboxylic acid groups (broad SMARTS) is 1. The Hall–Kier alpha value is -2.84. The lowest BCUT2D eigenvalue weighted by atomic mass is 10.1. The van der Waals surface area contributed by atoms with Gasteiger partial charge in [0, 0.05) is 6.07 Å². The van der Waals surface area contributed by atoms with Gasteiger partial charge in [0.15, 0.2) is 0 Å². The van der Waals surface area contributed by atoms with Gasteiger partial charge in [0.25, 0.3) is 10.0 Å². The van der Waals surface area contributed by atoms with Gasteiger partial charge in [-0.1, -0.05) is 30.3 Å². The molecule has 0 fully saturated rings. The lowest BCUT2D eigenvalue weighted by molar-refractivity contribution is 0.0694. The second-order valence-corrected chi connectivity index (χ2v) is 7.98. The minimum absolute atomic E-state index is 0.0807. The van der Waals surface area contributed by atoms with Crippen molar-refractivity contribution in [3.05, 3.63) is 65.5 Å². The first-order valence-corrected chi connectivity index (χ1v) is 9.46. The van der Waals surface area contributed by atoms with Crippen molar-refractivity contribution in [2.24, 2.45) is 0 Å². The van der Waals surface area contributed by atoms with Gasteiger partial charge in [-0.3, -0.25) is 4.72 Å². The van der Waals surface area contributed by atoms with Crippen LogP contribution in [0, 0.1) is 0 Å². The van der Waals surface area contributed by atoms with Crippen molar-refractivity contribution in [3.8, 4) is 16.9 Å². The number of phenols is 1. The van der Waals surface area contributed by atoms with Crippen LogP contribution in [0.2, 0.25) is 0 Å². The zero-order valence-electron chi connectivity index (χ0n) is 12.7. The summed E-state index contributed by atoms with van der Waals surface area (Å²) in [5.41, 5.74) is 1.47. The zero-order chi connectivity index (χ0) is 18.0. The zero-order valence-corrected chi connectivity index (χ0v) is 14.3. The smallest absolute Gasteiger partial charge is 0.339 e. The number of thiophene rings is 1. The first kappa shape index (κ1) is 17.0. The molecule has 1 aromatic heterocycles. The molecule has 0 radical (unpaired) electrons. The highest BCUT2D eigenvalue weighted by molar-refractivity contribution is 7.94. The van der Waals surface area contributed by atoms with Crippen LogP contribution >= 0.6 is 11.3 Å². The Morgan fingerprint density at radius 1 is 1.00 bits per heavy atom. The summed E-state index contributed by atoms with van der Waals surface area (Å²) in [7, 11) is -3.84. The number of carboxylic acids is 1. The molecular formula is C17H13NO5S2. The molecule has 0 aliphatic heterocycles. The molecule has 0 aliphatic carbocycles. The monoisotopic (exact) mass is 375 g/mol. The second kappa shape index (κ2) is 6.58. The highest BCUT2D eigenvalue weighted by atomic mass is 32.2. The van der Waals surface area contributed by atoms with Crippen molar-refractivity contribution in [2.45, 2.75) is 4.21 Å². The number of hydrogen-bond donors (Lipinski definition) is 3. The van der Waals surface area contributed by atoms with Gasteiger partial charge >= 0.3 is 5.97 Å². The number of sulfonamides is 1. The molecule has 8 heteroatoms. The Labute approximate surface area is 148 Å². The van der Waals surface area contributed by atoms with Crippen LogP contribution in [0.15, 0.2) is 64.2 Å². The van der Waals surface area contributed by atoms with Gasteiger partial charge in [0.1, 0.15) is 15.5 Å². The standard InChI is InChI=1S/C17H13NO5S2/c19-15-9-13(6-7-14(15)17(20)21)18-25(22,23)16-8-12(10-24-16)11-4-2-1-3-5-11/h1-10,18-19H,(H,20,21). The van der Waals surface area contributed by atoms with E-state index in [-0.39, 0.29) is 15.5 Å². The van der Waals surface area contributed by atoms with Crippen molar-refractivity contribution in [1.82, 2.24) is 0 Å². The minimum atomic E-state index is -3.84. The van der Waals surface area contributed by atoms with Gasteiger partial charge in [0.05, 0.1) is 5.69 Å². The molecule has 0 saturated carbocycles. The summed E-state index contributed by atoms with van der Waals surface area (Å²) in [5.74, 6) is -1.80. The highest BCUT2D eigenvalue weighted by Gasteiger charge is 2.19. The molecular weight excluding hydrogens is 362 g/mol. The van der Waals surface area contributed by atoms with E-state index in [0.29, 0.717) is 0 Å². The average Bonchev–Trinajstić information content (AvgIpc) is 3.06. The van der Waals surface area contributed by atoms with Crippen molar-refractivity contribution >= 4 is 33.0 Å². The molecule has 0 bridgehead atoms. The molecule has 3 N–H and O–H groups in total. The van der Waals surface area contributed by atoms with Gasteiger partial charge < -0.3 is 10.2 Å². The summed E-state index contributed by atoms with van der Waals surface area (Å²) in [5, 5.41) is 20.3. The summed E-state index contributed by atoms with van der Waals surface area (Å²) in [4.78, 5) is 10.9. The molecule has 1 heterocycles. The molecule has 2 aromatic carbocycles. The summed E-state index contributed by atoms with van der Waals surface area (Å²) in [6, 6.07) is 14.4. The van der Waals surface area contributed by atoms with Gasteiger partial charge in [-0.25, -0.2) is 13.2 Å². The van der Waals surface area contributed by atoms with E-state index in [2.05, 4.69) is 4.72 Å². The molecule has 0 amide bonds. The van der Waals surface area contributed by atoms with Crippen molar-refractivity contribution in [1.29, 1.82) is 0 Å². The Morgan fingerprint density at radius 2 is 1.72 bits per heavy atom. The highest BCUT2D eigenvalue weighted by Crippen LogP contribution is 2.30. The third-order valence-electron chi connectivity index (χ3n) is 3.43. The second-order valence-electron chi connectivity index (χ2n) is 5.16. The van der Waals surface area contributed by atoms with Crippen LogP contribution in [0.3, 0.4) is 0 Å². The van der Waals surface area contributed by atoms with Crippen LogP contribution in [0.25, 0.3) is 11.1 Å². The maximum Gasteiger partial charge on any atom is 0.339 e. The van der Waals surface area contributed by atoms with Crippen LogP contribution < -0.4 is 4.72 Å². The molecule has 3 aromatic rings. The molecule has 0 saturated heterocycles. The van der Waals surface area contributed by atoms with E-state index in [1.54, 1.807) is 11.4 Å².